The van der Waals surface area contributed by atoms with Crippen molar-refractivity contribution in [3.63, 3.8) is 0 Å². The van der Waals surface area contributed by atoms with Gasteiger partial charge in [0.15, 0.2) is 0 Å². The van der Waals surface area contributed by atoms with Gasteiger partial charge in [-0.05, 0) is 53.3 Å². The second-order valence-corrected chi connectivity index (χ2v) is 5.06. The molecule has 82 valence electrons. The minimum Gasteiger partial charge on any atom is -0.277 e. The third kappa shape index (κ3) is 1.59. The molecule has 0 saturated heterocycles. The molecule has 0 spiro atoms. The fourth-order valence-electron chi connectivity index (χ4n) is 2.31. The van der Waals surface area contributed by atoms with E-state index in [-0.39, 0.29) is 0 Å². The van der Waals surface area contributed by atoms with Gasteiger partial charge in [0.2, 0.25) is 0 Å². The maximum Gasteiger partial charge on any atom is 0.107 e. The van der Waals surface area contributed by atoms with Crippen LogP contribution in [0.5, 0.6) is 0 Å². The summed E-state index contributed by atoms with van der Waals surface area (Å²) in [5.74, 6) is 0. The van der Waals surface area contributed by atoms with Crippen LogP contribution < -0.4 is 0 Å². The van der Waals surface area contributed by atoms with Gasteiger partial charge in [-0.25, -0.2) is 0 Å². The van der Waals surface area contributed by atoms with Crippen molar-refractivity contribution in [1.29, 1.82) is 0 Å². The summed E-state index contributed by atoms with van der Waals surface area (Å²) < 4.78 is 1.06. The summed E-state index contributed by atoms with van der Waals surface area (Å²) in [6.45, 7) is 0. The first kappa shape index (κ1) is 10.1. The van der Waals surface area contributed by atoms with Crippen LogP contribution in [0.1, 0.15) is 31.4 Å². The monoisotopic (exact) mass is 276 g/mol. The fourth-order valence-corrected chi connectivity index (χ4v) is 2.77. The summed E-state index contributed by atoms with van der Waals surface area (Å²) in [5.41, 5.74) is 3.66. The van der Waals surface area contributed by atoms with E-state index in [1.165, 1.54) is 42.3 Å². The van der Waals surface area contributed by atoms with Crippen LogP contribution in [0.25, 0.3) is 16.5 Å². The largest absolute Gasteiger partial charge is 0.277 e. The number of aromatic amines is 1. The number of hydrogen-bond donors (Lipinski definition) is 1. The van der Waals surface area contributed by atoms with Crippen molar-refractivity contribution in [2.45, 2.75) is 25.7 Å². The van der Waals surface area contributed by atoms with Crippen LogP contribution >= 0.6 is 15.9 Å². The summed E-state index contributed by atoms with van der Waals surface area (Å²) >= 11 is 3.53. The Balaban J connectivity index is 2.17. The Morgan fingerprint density at radius 2 is 2.19 bits per heavy atom. The van der Waals surface area contributed by atoms with E-state index in [0.717, 1.165) is 9.99 Å². The van der Waals surface area contributed by atoms with Gasteiger partial charge in [-0.15, -0.1) is 0 Å². The highest BCUT2D eigenvalue weighted by Crippen LogP contribution is 2.32. The second kappa shape index (κ2) is 4.06. The van der Waals surface area contributed by atoms with Crippen LogP contribution in [0.4, 0.5) is 0 Å². The molecule has 1 N–H and O–H groups in total. The van der Waals surface area contributed by atoms with E-state index in [2.05, 4.69) is 44.3 Å². The normalized spacial score (nSPS) is 16.4. The second-order valence-electron chi connectivity index (χ2n) is 4.21. The van der Waals surface area contributed by atoms with Crippen molar-refractivity contribution in [2.24, 2.45) is 0 Å². The molecule has 0 unspecified atom stereocenters. The zero-order valence-corrected chi connectivity index (χ0v) is 10.5. The number of halogens is 1. The van der Waals surface area contributed by atoms with Gasteiger partial charge in [0.25, 0.3) is 0 Å². The van der Waals surface area contributed by atoms with Gasteiger partial charge in [0, 0.05) is 9.86 Å². The molecule has 1 heterocycles. The topological polar surface area (TPSA) is 28.7 Å². The summed E-state index contributed by atoms with van der Waals surface area (Å²) in [5, 5.41) is 8.78. The van der Waals surface area contributed by atoms with Gasteiger partial charge in [-0.3, -0.25) is 5.10 Å². The molecule has 0 amide bonds. The van der Waals surface area contributed by atoms with Crippen LogP contribution in [-0.2, 0) is 0 Å². The first-order valence-electron chi connectivity index (χ1n) is 5.68. The van der Waals surface area contributed by atoms with Crippen LogP contribution in [-0.4, -0.2) is 10.2 Å². The molecule has 0 radical (unpaired) electrons. The number of hydrogen-bond acceptors (Lipinski definition) is 1. The molecular weight excluding hydrogens is 264 g/mol. The smallest absolute Gasteiger partial charge is 0.107 e. The van der Waals surface area contributed by atoms with E-state index in [9.17, 15) is 0 Å². The first-order valence-corrected chi connectivity index (χ1v) is 6.47. The Kier molecular flexibility index (Phi) is 2.56. The molecule has 0 aliphatic heterocycles. The average Bonchev–Trinajstić information content (AvgIpc) is 2.75. The van der Waals surface area contributed by atoms with Gasteiger partial charge >= 0.3 is 0 Å². The maximum atomic E-state index is 4.38. The SMILES string of the molecule is Brc1cccc2c(C3=CCCCC3)[nH]nc12. The lowest BCUT2D eigenvalue weighted by Crippen LogP contribution is -1.92. The molecule has 0 atom stereocenters. The molecule has 0 bridgehead atoms. The molecule has 1 aromatic heterocycles. The lowest BCUT2D eigenvalue weighted by atomic mass is 9.96. The molecular formula is C13H13BrN2. The van der Waals surface area contributed by atoms with Gasteiger partial charge in [-0.1, -0.05) is 18.2 Å². The number of nitrogens with one attached hydrogen (secondary N) is 1. The number of para-hydroxylation sites is 1. The Morgan fingerprint density at radius 3 is 3.00 bits per heavy atom. The molecule has 16 heavy (non-hydrogen) atoms. The Hall–Kier alpha value is -1.09. The minimum atomic E-state index is 1.03. The Morgan fingerprint density at radius 1 is 1.25 bits per heavy atom. The fraction of sp³-hybridized carbons (Fsp3) is 0.308. The molecule has 1 aliphatic carbocycles. The van der Waals surface area contributed by atoms with Gasteiger partial charge in [0.05, 0.1) is 5.69 Å². The molecule has 2 nitrogen and oxygen atoms in total. The zero-order valence-electron chi connectivity index (χ0n) is 8.96. The van der Waals surface area contributed by atoms with E-state index in [4.69, 9.17) is 0 Å². The first-order chi connectivity index (χ1) is 7.86. The minimum absolute atomic E-state index is 1.03. The highest BCUT2D eigenvalue weighted by Gasteiger charge is 2.13. The maximum absolute atomic E-state index is 4.38. The number of fused-ring (bicyclic) bond motifs is 1. The number of nitrogens with zero attached hydrogens (tertiary/aromatic N) is 1. The van der Waals surface area contributed by atoms with Gasteiger partial charge in [0.1, 0.15) is 5.52 Å². The number of aromatic nitrogens is 2. The number of benzene rings is 1. The molecule has 1 aliphatic rings. The van der Waals surface area contributed by atoms with Crippen molar-refractivity contribution in [1.82, 2.24) is 10.2 Å². The van der Waals surface area contributed by atoms with Crippen LogP contribution in [0, 0.1) is 0 Å². The molecule has 0 saturated carbocycles. The van der Waals surface area contributed by atoms with Crippen molar-refractivity contribution in [3.8, 4) is 0 Å². The molecule has 1 aromatic carbocycles. The molecule has 3 rings (SSSR count). The van der Waals surface area contributed by atoms with Crippen molar-refractivity contribution >= 4 is 32.4 Å². The molecule has 2 aromatic rings. The van der Waals surface area contributed by atoms with E-state index in [1.807, 2.05) is 6.07 Å². The lowest BCUT2D eigenvalue weighted by Gasteiger charge is -2.11. The van der Waals surface area contributed by atoms with Crippen LogP contribution in [0.2, 0.25) is 0 Å². The van der Waals surface area contributed by atoms with E-state index in [1.54, 1.807) is 0 Å². The predicted molar refractivity (Wildman–Crippen MR) is 70.2 cm³/mol. The quantitative estimate of drug-likeness (QED) is 0.827. The lowest BCUT2D eigenvalue weighted by molar-refractivity contribution is 0.740. The number of rotatable bonds is 1. The zero-order chi connectivity index (χ0) is 11.0. The summed E-state index contributed by atoms with van der Waals surface area (Å²) in [6.07, 6.45) is 7.32. The Bertz CT molecular complexity index is 554. The van der Waals surface area contributed by atoms with Crippen LogP contribution in [0.15, 0.2) is 28.7 Å². The summed E-state index contributed by atoms with van der Waals surface area (Å²) in [4.78, 5) is 0. The van der Waals surface area contributed by atoms with E-state index < -0.39 is 0 Å². The van der Waals surface area contributed by atoms with Gasteiger partial charge < -0.3 is 0 Å². The van der Waals surface area contributed by atoms with Crippen LogP contribution in [0.3, 0.4) is 0 Å². The number of H-pyrrole nitrogens is 1. The van der Waals surface area contributed by atoms with Gasteiger partial charge in [-0.2, -0.15) is 5.10 Å². The molecule has 0 fully saturated rings. The van der Waals surface area contributed by atoms with Crippen molar-refractivity contribution < 1.29 is 0 Å². The summed E-state index contributed by atoms with van der Waals surface area (Å²) in [6, 6.07) is 6.23. The van der Waals surface area contributed by atoms with E-state index in [0.29, 0.717) is 0 Å². The predicted octanol–water partition coefficient (Wildman–Crippen LogP) is 4.28. The highest BCUT2D eigenvalue weighted by molar-refractivity contribution is 9.10. The van der Waals surface area contributed by atoms with Crippen molar-refractivity contribution in [2.75, 3.05) is 0 Å². The Labute approximate surface area is 103 Å². The standard InChI is InChI=1S/C13H13BrN2/c14-11-8-4-7-10-12(15-16-13(10)11)9-5-2-1-3-6-9/h4-5,7-8H,1-3,6H2,(H,15,16). The van der Waals surface area contributed by atoms with E-state index >= 15 is 0 Å². The highest BCUT2D eigenvalue weighted by atomic mass is 79.9. The van der Waals surface area contributed by atoms with Crippen molar-refractivity contribution in [3.05, 3.63) is 34.4 Å². The third-order valence-corrected chi connectivity index (χ3v) is 3.79. The number of allylic oxidation sites excluding steroid dienone is 2. The summed E-state index contributed by atoms with van der Waals surface area (Å²) in [7, 11) is 0. The average molecular weight is 277 g/mol. The third-order valence-electron chi connectivity index (χ3n) is 3.15. The molecule has 3 heteroatoms.